The molecule has 3 rings (SSSR count). The van der Waals surface area contributed by atoms with E-state index < -0.39 is 39.7 Å². The van der Waals surface area contributed by atoms with Crippen LogP contribution in [-0.2, 0) is 24.0 Å². The molecule has 204 valence electrons. The Morgan fingerprint density at radius 3 is 2.00 bits per heavy atom. The first-order valence-corrected chi connectivity index (χ1v) is 13.2. The van der Waals surface area contributed by atoms with E-state index in [1.165, 1.54) is 0 Å². The topological polar surface area (TPSA) is 137 Å². The standard InChI is InChI=1S/C13H20N2O2.C13H17NO5S/c1-13(2,3)17-12(16)15-11(9-14)10-7-5-4-6-8-10;1-13(2,3)19-12(15)14-11(9-18-20(14,16)17)10-7-5-4-6-8-10/h4-8,11H,9,14H2,1-3H3,(H,15,16);4-8,11H,9H2,1-3H3/p+1/t2*11-/m11/s1. The largest absolute Gasteiger partial charge is 1.00 e. The third-order valence-corrected chi connectivity index (χ3v) is 6.10. The van der Waals surface area contributed by atoms with Gasteiger partial charge in [0.15, 0.2) is 0 Å². The second-order valence-corrected chi connectivity index (χ2v) is 11.8. The molecule has 37 heavy (non-hydrogen) atoms. The van der Waals surface area contributed by atoms with Crippen LogP contribution in [-0.4, -0.2) is 49.3 Å². The van der Waals surface area contributed by atoms with Crippen molar-refractivity contribution >= 4 is 22.5 Å². The van der Waals surface area contributed by atoms with Gasteiger partial charge in [-0.3, -0.25) is 4.18 Å². The molecule has 0 radical (unpaired) electrons. The number of alkyl carbamates (subject to hydrolysis) is 1. The van der Waals surface area contributed by atoms with Crippen molar-refractivity contribution in [2.45, 2.75) is 64.8 Å². The highest BCUT2D eigenvalue weighted by molar-refractivity contribution is 7.85. The van der Waals surface area contributed by atoms with Gasteiger partial charge < -0.3 is 20.5 Å². The van der Waals surface area contributed by atoms with Crippen LogP contribution in [0.1, 0.15) is 66.2 Å². The van der Waals surface area contributed by atoms with Crippen molar-refractivity contribution < 1.29 is 33.1 Å². The van der Waals surface area contributed by atoms with Crippen molar-refractivity contribution in [1.82, 2.24) is 9.62 Å². The number of nitrogens with one attached hydrogen (secondary N) is 1. The van der Waals surface area contributed by atoms with Gasteiger partial charge in [0, 0.05) is 6.54 Å². The van der Waals surface area contributed by atoms with Gasteiger partial charge in [-0.15, -0.1) is 0 Å². The van der Waals surface area contributed by atoms with Crippen LogP contribution in [0.15, 0.2) is 60.7 Å². The van der Waals surface area contributed by atoms with Crippen LogP contribution < -0.4 is 11.1 Å². The number of hydrogen-bond acceptors (Lipinski definition) is 8. The normalized spacial score (nSPS) is 17.7. The van der Waals surface area contributed by atoms with E-state index in [9.17, 15) is 18.0 Å². The molecule has 0 aromatic heterocycles. The molecule has 2 aromatic rings. The van der Waals surface area contributed by atoms with Crippen LogP contribution in [0.3, 0.4) is 0 Å². The minimum Gasteiger partial charge on any atom is -0.444 e. The Bertz CT molecular complexity index is 1130. The van der Waals surface area contributed by atoms with E-state index in [2.05, 4.69) is 5.32 Å². The average molecular weight is 537 g/mol. The molecular weight excluding hydrogens is 498 g/mol. The summed E-state index contributed by atoms with van der Waals surface area (Å²) in [6, 6.07) is 17.5. The summed E-state index contributed by atoms with van der Waals surface area (Å²) in [4.78, 5) is 23.7. The van der Waals surface area contributed by atoms with Crippen LogP contribution in [0.5, 0.6) is 0 Å². The maximum absolute atomic E-state index is 12.1. The first-order valence-electron chi connectivity index (χ1n) is 11.8. The van der Waals surface area contributed by atoms with E-state index >= 15 is 0 Å². The highest BCUT2D eigenvalue weighted by Crippen LogP contribution is 2.32. The molecule has 1 fully saturated rings. The van der Waals surface area contributed by atoms with Gasteiger partial charge in [-0.2, -0.15) is 12.7 Å². The van der Waals surface area contributed by atoms with E-state index in [0.29, 0.717) is 16.4 Å². The zero-order chi connectivity index (χ0) is 27.9. The summed E-state index contributed by atoms with van der Waals surface area (Å²) in [6.07, 6.45) is -1.37. The predicted octanol–water partition coefficient (Wildman–Crippen LogP) is 4.56. The summed E-state index contributed by atoms with van der Waals surface area (Å²) in [6.45, 7) is 10.7. The lowest BCUT2D eigenvalue weighted by atomic mass is 10.1. The zero-order valence-electron chi connectivity index (χ0n) is 23.1. The summed E-state index contributed by atoms with van der Waals surface area (Å²) >= 11 is 0. The van der Waals surface area contributed by atoms with E-state index in [-0.39, 0.29) is 14.1 Å². The second kappa shape index (κ2) is 12.4. The first-order chi connectivity index (χ1) is 17.1. The summed E-state index contributed by atoms with van der Waals surface area (Å²) in [5.74, 6) is 0. The Labute approximate surface area is 220 Å². The van der Waals surface area contributed by atoms with Crippen molar-refractivity contribution in [3.63, 3.8) is 0 Å². The molecule has 3 N–H and O–H groups in total. The van der Waals surface area contributed by atoms with Gasteiger partial charge in [0.2, 0.25) is 0 Å². The number of nitrogens with zero attached hydrogens (tertiary/aromatic N) is 1. The third kappa shape index (κ3) is 9.67. The molecule has 2 amide bonds. The van der Waals surface area contributed by atoms with Crippen molar-refractivity contribution in [3.05, 3.63) is 71.8 Å². The van der Waals surface area contributed by atoms with Gasteiger partial charge in [0.1, 0.15) is 17.2 Å². The van der Waals surface area contributed by atoms with Gasteiger partial charge in [0.05, 0.1) is 12.6 Å². The lowest BCUT2D eigenvalue weighted by Crippen LogP contribution is -2.39. The molecule has 1 aliphatic rings. The fraction of sp³-hybridized carbons (Fsp3) is 0.462. The fourth-order valence-electron chi connectivity index (χ4n) is 3.28. The lowest BCUT2D eigenvalue weighted by molar-refractivity contribution is 0.0355. The highest BCUT2D eigenvalue weighted by atomic mass is 32.2. The number of nitrogens with two attached hydrogens (primary N) is 1. The summed E-state index contributed by atoms with van der Waals surface area (Å²) in [7, 11) is -4.10. The molecule has 2 atom stereocenters. The molecule has 2 aromatic carbocycles. The molecule has 1 heterocycles. The van der Waals surface area contributed by atoms with Crippen LogP contribution in [0, 0.1) is 0 Å². The third-order valence-electron chi connectivity index (χ3n) is 4.79. The van der Waals surface area contributed by atoms with Crippen molar-refractivity contribution in [3.8, 4) is 0 Å². The van der Waals surface area contributed by atoms with Crippen molar-refractivity contribution in [1.29, 1.82) is 0 Å². The molecule has 0 spiro atoms. The first kappa shape index (κ1) is 30.1. The maximum Gasteiger partial charge on any atom is 1.00 e. The Morgan fingerprint density at radius 1 is 1.00 bits per heavy atom. The number of rotatable bonds is 4. The Hall–Kier alpha value is -3.15. The van der Waals surface area contributed by atoms with Crippen LogP contribution in [0.4, 0.5) is 9.59 Å². The highest BCUT2D eigenvalue weighted by Gasteiger charge is 2.45. The summed E-state index contributed by atoms with van der Waals surface area (Å²) in [5, 5.41) is 2.75. The maximum atomic E-state index is 12.1. The minimum atomic E-state index is -4.10. The number of carbonyl (C=O) groups excluding carboxylic acids is 2. The Balaban J connectivity index is 0.000000375. The van der Waals surface area contributed by atoms with Gasteiger partial charge in [-0.25, -0.2) is 9.59 Å². The van der Waals surface area contributed by atoms with Crippen molar-refractivity contribution in [2.75, 3.05) is 13.2 Å². The molecule has 10 nitrogen and oxygen atoms in total. The van der Waals surface area contributed by atoms with Gasteiger partial charge in [-0.1, -0.05) is 60.7 Å². The van der Waals surface area contributed by atoms with Gasteiger partial charge >= 0.3 is 23.9 Å². The summed E-state index contributed by atoms with van der Waals surface area (Å²) < 4.78 is 39.5. The molecule has 1 saturated heterocycles. The quantitative estimate of drug-likeness (QED) is 0.580. The molecule has 0 saturated carbocycles. The zero-order valence-corrected chi connectivity index (χ0v) is 22.9. The van der Waals surface area contributed by atoms with E-state index in [4.69, 9.17) is 19.4 Å². The lowest BCUT2D eigenvalue weighted by Gasteiger charge is -2.26. The number of ether oxygens (including phenoxy) is 2. The molecular formula is C26H38N3O7S+. The molecule has 0 aliphatic carbocycles. The van der Waals surface area contributed by atoms with Gasteiger partial charge in [-0.05, 0) is 52.7 Å². The van der Waals surface area contributed by atoms with Crippen LogP contribution in [0.2, 0.25) is 0 Å². The molecule has 1 aliphatic heterocycles. The smallest absolute Gasteiger partial charge is 0.444 e. The monoisotopic (exact) mass is 536 g/mol. The molecule has 11 heteroatoms. The van der Waals surface area contributed by atoms with Crippen LogP contribution >= 0.6 is 0 Å². The SMILES string of the molecule is CC(C)(C)OC(=O)N1[C@@H](c2ccccc2)COS1(=O)=O.CC(C)(C)OC(=O)N[C@H](CN)c1ccccc1.[H+]. The minimum absolute atomic E-state index is 0. The molecule has 0 bridgehead atoms. The number of amides is 2. The predicted molar refractivity (Wildman–Crippen MR) is 141 cm³/mol. The van der Waals surface area contributed by atoms with Gasteiger partial charge in [0.25, 0.3) is 0 Å². The second-order valence-electron chi connectivity index (χ2n) is 10.3. The van der Waals surface area contributed by atoms with Crippen LogP contribution in [0.25, 0.3) is 0 Å². The van der Waals surface area contributed by atoms with E-state index in [0.717, 1.165) is 5.56 Å². The van der Waals surface area contributed by atoms with E-state index in [1.54, 1.807) is 45.0 Å². The number of hydrogen-bond donors (Lipinski definition) is 2. The van der Waals surface area contributed by atoms with E-state index in [1.807, 2.05) is 57.2 Å². The fourth-order valence-corrected chi connectivity index (χ4v) is 4.41. The number of carbonyl (C=O) groups is 2. The molecule has 0 unspecified atom stereocenters. The Morgan fingerprint density at radius 2 is 1.51 bits per heavy atom. The number of benzene rings is 2. The average Bonchev–Trinajstić information content (AvgIpc) is 3.12. The summed E-state index contributed by atoms with van der Waals surface area (Å²) in [5.41, 5.74) is 6.02. The Kier molecular flexibility index (Phi) is 10.1. The van der Waals surface area contributed by atoms with Crippen molar-refractivity contribution in [2.24, 2.45) is 5.73 Å².